The lowest BCUT2D eigenvalue weighted by Gasteiger charge is -2.35. The maximum atomic E-state index is 14.5. The molecule has 0 radical (unpaired) electrons. The third-order valence-corrected chi connectivity index (χ3v) is 10.3. The third-order valence-electron chi connectivity index (χ3n) is 10.3. The topological polar surface area (TPSA) is 210 Å². The number of hydrogen-bond acceptors (Lipinski definition) is 9. The normalized spacial score (nSPS) is 22.0. The van der Waals surface area contributed by atoms with Crippen LogP contribution < -0.4 is 26.0 Å². The summed E-state index contributed by atoms with van der Waals surface area (Å²) in [6.07, 6.45) is 5.08. The van der Waals surface area contributed by atoms with Crippen molar-refractivity contribution in [3.63, 3.8) is 0 Å². The number of ether oxygens (including phenoxy) is 2. The fraction of sp³-hybridized carbons (Fsp3) is 0.525. The van der Waals surface area contributed by atoms with Crippen LogP contribution >= 0.6 is 0 Å². The van der Waals surface area contributed by atoms with Gasteiger partial charge in [-0.1, -0.05) is 75.1 Å². The first-order valence-electron chi connectivity index (χ1n) is 19.2. The number of ketones is 1. The van der Waals surface area contributed by atoms with E-state index in [4.69, 9.17) is 9.47 Å². The van der Waals surface area contributed by atoms with Gasteiger partial charge in [0.25, 0.3) is 5.91 Å². The zero-order valence-corrected chi connectivity index (χ0v) is 31.1. The monoisotopic (exact) mass is 761 g/mol. The number of carbonyl (C=O) groups excluding carboxylic acids is 6. The summed E-state index contributed by atoms with van der Waals surface area (Å²) in [4.78, 5) is 94.0. The Kier molecular flexibility index (Phi) is 14.7. The summed E-state index contributed by atoms with van der Waals surface area (Å²) in [5.41, 5.74) is 1.24. The van der Waals surface area contributed by atoms with Crippen LogP contribution in [0.3, 0.4) is 0 Å². The lowest BCUT2D eigenvalue weighted by Crippen LogP contribution is -2.58. The van der Waals surface area contributed by atoms with E-state index in [2.05, 4.69) is 21.3 Å². The van der Waals surface area contributed by atoms with Crippen LogP contribution in [0.2, 0.25) is 0 Å². The van der Waals surface area contributed by atoms with E-state index in [1.165, 1.54) is 17.0 Å². The summed E-state index contributed by atoms with van der Waals surface area (Å²) >= 11 is 0. The number of fused-ring (bicyclic) bond motifs is 4. The Bertz CT molecular complexity index is 1700. The molecule has 1 unspecified atom stereocenters. The van der Waals surface area contributed by atoms with Crippen molar-refractivity contribution in [2.45, 2.75) is 101 Å². The SMILES string of the molecule is CCCC(NC(=O)[C@@H]1C[C@@H]2CN1C(=O)[C@H](C1CCCCC1)NC(=O)CCc1cccc(c1)OCCO2)C(=O)C(=O)NCC(=O)N[C@H](C(=O)O)c1ccccc1. The molecule has 296 valence electrons. The highest BCUT2D eigenvalue weighted by Crippen LogP contribution is 2.30. The van der Waals surface area contributed by atoms with Crippen molar-refractivity contribution >= 4 is 41.3 Å². The molecule has 0 spiro atoms. The van der Waals surface area contributed by atoms with E-state index in [0.717, 1.165) is 37.7 Å². The summed E-state index contributed by atoms with van der Waals surface area (Å²) in [7, 11) is 0. The number of amides is 5. The van der Waals surface area contributed by atoms with E-state index < -0.39 is 72.2 Å². The number of carbonyl (C=O) groups is 7. The van der Waals surface area contributed by atoms with Gasteiger partial charge in [-0.05, 0) is 54.9 Å². The average molecular weight is 762 g/mol. The van der Waals surface area contributed by atoms with Crippen LogP contribution in [0.4, 0.5) is 0 Å². The molecular formula is C40H51N5O10. The Morgan fingerprint density at radius 2 is 1.71 bits per heavy atom. The molecule has 1 saturated heterocycles. The lowest BCUT2D eigenvalue weighted by molar-refractivity contribution is -0.144. The molecule has 2 aliphatic heterocycles. The largest absolute Gasteiger partial charge is 0.491 e. The molecule has 5 atom stereocenters. The van der Waals surface area contributed by atoms with Crippen molar-refractivity contribution in [3.8, 4) is 5.75 Å². The van der Waals surface area contributed by atoms with Gasteiger partial charge in [0.15, 0.2) is 6.04 Å². The Hall–Kier alpha value is -5.31. The fourth-order valence-electron chi connectivity index (χ4n) is 7.48. The smallest absolute Gasteiger partial charge is 0.330 e. The zero-order valence-electron chi connectivity index (χ0n) is 31.1. The van der Waals surface area contributed by atoms with Crippen molar-refractivity contribution < 1.29 is 48.1 Å². The summed E-state index contributed by atoms with van der Waals surface area (Å²) in [5, 5.41) is 19.9. The molecular weight excluding hydrogens is 710 g/mol. The quantitative estimate of drug-likeness (QED) is 0.199. The number of nitrogens with one attached hydrogen (secondary N) is 4. The molecule has 0 aromatic heterocycles. The predicted octanol–water partition coefficient (Wildman–Crippen LogP) is 1.98. The van der Waals surface area contributed by atoms with Gasteiger partial charge >= 0.3 is 5.97 Å². The van der Waals surface area contributed by atoms with Crippen LogP contribution in [0.15, 0.2) is 54.6 Å². The Balaban J connectivity index is 1.28. The fourth-order valence-corrected chi connectivity index (χ4v) is 7.48. The Labute approximate surface area is 320 Å². The van der Waals surface area contributed by atoms with Gasteiger partial charge in [0.1, 0.15) is 24.4 Å². The maximum Gasteiger partial charge on any atom is 0.330 e. The number of rotatable bonds is 12. The molecule has 1 saturated carbocycles. The third kappa shape index (κ3) is 11.4. The van der Waals surface area contributed by atoms with Gasteiger partial charge in [-0.15, -0.1) is 0 Å². The first-order valence-corrected chi connectivity index (χ1v) is 19.2. The van der Waals surface area contributed by atoms with Crippen LogP contribution in [0.1, 0.15) is 81.9 Å². The second-order valence-electron chi connectivity index (χ2n) is 14.3. The molecule has 55 heavy (non-hydrogen) atoms. The summed E-state index contributed by atoms with van der Waals surface area (Å²) in [6, 6.07) is 10.9. The zero-order chi connectivity index (χ0) is 39.3. The minimum absolute atomic E-state index is 0.0772. The van der Waals surface area contributed by atoms with Crippen LogP contribution in [0.25, 0.3) is 0 Å². The predicted molar refractivity (Wildman–Crippen MR) is 198 cm³/mol. The van der Waals surface area contributed by atoms with Gasteiger partial charge in [-0.3, -0.25) is 28.8 Å². The van der Waals surface area contributed by atoms with Gasteiger partial charge in [-0.25, -0.2) is 4.79 Å². The average Bonchev–Trinajstić information content (AvgIpc) is 3.63. The molecule has 2 aromatic carbocycles. The van der Waals surface area contributed by atoms with E-state index in [9.17, 15) is 38.7 Å². The van der Waals surface area contributed by atoms with Crippen molar-refractivity contribution in [2.24, 2.45) is 5.92 Å². The second kappa shape index (κ2) is 19.9. The number of Topliss-reactive ketones (excluding diaryl/α,β-unsaturated/α-hetero) is 1. The molecule has 4 bridgehead atoms. The minimum atomic E-state index is -1.37. The molecule has 5 amide bonds. The van der Waals surface area contributed by atoms with Gasteiger partial charge in [0.05, 0.1) is 25.3 Å². The highest BCUT2D eigenvalue weighted by Gasteiger charge is 2.45. The summed E-state index contributed by atoms with van der Waals surface area (Å²) in [6.45, 7) is 1.58. The number of aryl methyl sites for hydroxylation is 1. The first-order chi connectivity index (χ1) is 26.5. The van der Waals surface area contributed by atoms with E-state index >= 15 is 0 Å². The molecule has 15 nitrogen and oxygen atoms in total. The van der Waals surface area contributed by atoms with Gasteiger partial charge in [-0.2, -0.15) is 0 Å². The van der Waals surface area contributed by atoms with E-state index in [1.54, 1.807) is 25.1 Å². The number of carboxylic acid groups (broad SMARTS) is 1. The first kappa shape index (κ1) is 40.9. The summed E-state index contributed by atoms with van der Waals surface area (Å²) < 4.78 is 12.0. The molecule has 2 fully saturated rings. The van der Waals surface area contributed by atoms with Crippen molar-refractivity contribution in [3.05, 3.63) is 65.7 Å². The molecule has 3 aliphatic rings. The van der Waals surface area contributed by atoms with Crippen molar-refractivity contribution in [1.82, 2.24) is 26.2 Å². The number of carboxylic acids is 1. The molecule has 15 heteroatoms. The standard InChI is InChI=1S/C40H51N5O10/c1-2-10-30(36(48)38(50)41-23-33(47)44-35(40(52)53)27-14-7-4-8-15-27)42-37(49)31-22-29-24-45(31)39(51)34(26-12-5-3-6-13-26)43-32(46)18-17-25-11-9-16-28(21-25)54-19-20-55-29/h4,7-9,11,14-16,21,26,29-31,34-35H,2-3,5-6,10,12-13,17-20,22-24H2,1H3,(H,41,50)(H,42,49)(H,43,46)(H,44,47)(H,52,53)/t29-,30?,31+,34+,35+/m1/s1. The summed E-state index contributed by atoms with van der Waals surface area (Å²) in [5.74, 6) is -5.06. The number of benzene rings is 2. The van der Waals surface area contributed by atoms with Crippen molar-refractivity contribution in [1.29, 1.82) is 0 Å². The van der Waals surface area contributed by atoms with E-state index in [0.29, 0.717) is 24.2 Å². The van der Waals surface area contributed by atoms with Gasteiger partial charge in [0, 0.05) is 19.4 Å². The van der Waals surface area contributed by atoms with E-state index in [1.807, 2.05) is 24.3 Å². The molecule has 1 aliphatic carbocycles. The molecule has 2 heterocycles. The Morgan fingerprint density at radius 1 is 0.945 bits per heavy atom. The van der Waals surface area contributed by atoms with Crippen LogP contribution in [-0.2, 0) is 44.7 Å². The number of hydrogen-bond donors (Lipinski definition) is 5. The highest BCUT2D eigenvalue weighted by atomic mass is 16.5. The number of aliphatic carboxylic acids is 1. The maximum absolute atomic E-state index is 14.5. The van der Waals surface area contributed by atoms with Gasteiger partial charge < -0.3 is 40.7 Å². The van der Waals surface area contributed by atoms with Crippen LogP contribution in [0, 0.1) is 5.92 Å². The molecule has 2 aromatic rings. The van der Waals surface area contributed by atoms with Crippen LogP contribution in [0.5, 0.6) is 5.75 Å². The van der Waals surface area contributed by atoms with E-state index in [-0.39, 0.29) is 50.8 Å². The van der Waals surface area contributed by atoms with Crippen molar-refractivity contribution in [2.75, 3.05) is 26.3 Å². The lowest BCUT2D eigenvalue weighted by atomic mass is 9.83. The second-order valence-corrected chi connectivity index (χ2v) is 14.3. The van der Waals surface area contributed by atoms with Crippen LogP contribution in [-0.4, -0.2) is 102 Å². The number of nitrogens with zero attached hydrogens (tertiary/aromatic N) is 1. The molecule has 5 rings (SSSR count). The highest BCUT2D eigenvalue weighted by molar-refractivity contribution is 6.38. The molecule has 5 N–H and O–H groups in total. The Morgan fingerprint density at radius 3 is 2.44 bits per heavy atom. The van der Waals surface area contributed by atoms with Gasteiger partial charge in [0.2, 0.25) is 29.4 Å². The minimum Gasteiger partial charge on any atom is -0.491 e.